The van der Waals surface area contributed by atoms with Gasteiger partial charge >= 0.3 is 0 Å². The van der Waals surface area contributed by atoms with Crippen LogP contribution in [0.2, 0.25) is 12.1 Å². The van der Waals surface area contributed by atoms with E-state index in [0.717, 1.165) is 6.61 Å². The van der Waals surface area contributed by atoms with E-state index in [1.54, 1.807) is 0 Å². The van der Waals surface area contributed by atoms with Crippen LogP contribution in [0.15, 0.2) is 0 Å². The zero-order valence-corrected chi connectivity index (χ0v) is 15.2. The highest BCUT2D eigenvalue weighted by Crippen LogP contribution is 2.30. The van der Waals surface area contributed by atoms with Crippen LogP contribution >= 0.6 is 21.8 Å². The van der Waals surface area contributed by atoms with Crippen LogP contribution in [0, 0.1) is 0 Å². The molecule has 104 valence electrons. The van der Waals surface area contributed by atoms with E-state index in [0.29, 0.717) is 0 Å². The first-order chi connectivity index (χ1) is 8.18. The van der Waals surface area contributed by atoms with Crippen LogP contribution in [-0.4, -0.2) is 12.4 Å². The Balaban J connectivity index is 3.80. The Morgan fingerprint density at radius 3 is 1.59 bits per heavy atom. The molecule has 0 rings (SSSR count). The number of rotatable bonds is 12. The van der Waals surface area contributed by atoms with Crippen LogP contribution in [0.25, 0.3) is 0 Å². The first-order valence-corrected chi connectivity index (χ1v) is 12.9. The van der Waals surface area contributed by atoms with E-state index in [2.05, 4.69) is 42.6 Å². The van der Waals surface area contributed by atoms with Crippen molar-refractivity contribution in [3.05, 3.63) is 0 Å². The van der Waals surface area contributed by atoms with Gasteiger partial charge in [-0.1, -0.05) is 87.0 Å². The van der Waals surface area contributed by atoms with Gasteiger partial charge in [-0.2, -0.15) is 0 Å². The molecular weight excluding hydrogens is 339 g/mol. The lowest BCUT2D eigenvalue weighted by Gasteiger charge is -2.24. The van der Waals surface area contributed by atoms with E-state index in [9.17, 15) is 0 Å². The van der Waals surface area contributed by atoms with E-state index in [1.807, 2.05) is 0 Å². The molecule has 17 heavy (non-hydrogen) atoms. The SMILES string of the molecule is CCCCCC[Si](I)(CCCCCC)OCC. The Bertz CT molecular complexity index is 152. The number of halogens is 1. The average molecular weight is 370 g/mol. The maximum Gasteiger partial charge on any atom is 0.258 e. The number of hydrogen-bond acceptors (Lipinski definition) is 1. The molecule has 0 unspecified atom stereocenters. The molecule has 0 radical (unpaired) electrons. The third-order valence-corrected chi connectivity index (χ3v) is 10.4. The van der Waals surface area contributed by atoms with Crippen LogP contribution in [0.3, 0.4) is 0 Å². The summed E-state index contributed by atoms with van der Waals surface area (Å²) in [6, 6.07) is 2.74. The van der Waals surface area contributed by atoms with Crippen molar-refractivity contribution in [1.29, 1.82) is 0 Å². The van der Waals surface area contributed by atoms with E-state index >= 15 is 0 Å². The van der Waals surface area contributed by atoms with Crippen LogP contribution in [0.5, 0.6) is 0 Å². The molecule has 0 aliphatic rings. The Kier molecular flexibility index (Phi) is 12.6. The first kappa shape index (κ1) is 17.9. The molecule has 0 fully saturated rings. The summed E-state index contributed by atoms with van der Waals surface area (Å²) in [5.74, 6) is -1.38. The van der Waals surface area contributed by atoms with Gasteiger partial charge in [-0.3, -0.25) is 0 Å². The molecule has 0 heterocycles. The summed E-state index contributed by atoms with van der Waals surface area (Å²) in [4.78, 5) is 0. The Hall–Kier alpha value is 0.907. The Morgan fingerprint density at radius 2 is 1.24 bits per heavy atom. The highest BCUT2D eigenvalue weighted by Gasteiger charge is 2.29. The molecule has 0 atom stereocenters. The van der Waals surface area contributed by atoms with Crippen LogP contribution in [0.1, 0.15) is 72.1 Å². The van der Waals surface area contributed by atoms with E-state index in [1.165, 1.54) is 63.5 Å². The lowest BCUT2D eigenvalue weighted by Crippen LogP contribution is -2.30. The Morgan fingerprint density at radius 1 is 0.765 bits per heavy atom. The summed E-state index contributed by atoms with van der Waals surface area (Å²) in [5.41, 5.74) is 0. The third kappa shape index (κ3) is 10.5. The normalized spacial score (nSPS) is 12.0. The smallest absolute Gasteiger partial charge is 0.258 e. The van der Waals surface area contributed by atoms with Gasteiger partial charge in [0.25, 0.3) is 5.81 Å². The summed E-state index contributed by atoms with van der Waals surface area (Å²) >= 11 is 2.69. The second kappa shape index (κ2) is 12.0. The van der Waals surface area contributed by atoms with Crippen molar-refractivity contribution in [2.45, 2.75) is 84.2 Å². The maximum absolute atomic E-state index is 6.12. The third-order valence-electron chi connectivity index (χ3n) is 3.21. The summed E-state index contributed by atoms with van der Waals surface area (Å²) in [6.45, 7) is 7.62. The summed E-state index contributed by atoms with van der Waals surface area (Å²) in [6.07, 6.45) is 11.0. The minimum atomic E-state index is -1.38. The first-order valence-electron chi connectivity index (χ1n) is 7.51. The van der Waals surface area contributed by atoms with Gasteiger partial charge in [0, 0.05) is 6.61 Å². The zero-order valence-electron chi connectivity index (χ0n) is 12.1. The van der Waals surface area contributed by atoms with Crippen molar-refractivity contribution in [3.8, 4) is 0 Å². The van der Waals surface area contributed by atoms with Crippen molar-refractivity contribution in [2.75, 3.05) is 6.61 Å². The summed E-state index contributed by atoms with van der Waals surface area (Å²) < 4.78 is 6.12. The van der Waals surface area contributed by atoms with Crippen LogP contribution < -0.4 is 0 Å². The van der Waals surface area contributed by atoms with Crippen molar-refractivity contribution < 1.29 is 4.43 Å². The molecule has 0 spiro atoms. The molecule has 0 aromatic heterocycles. The minimum absolute atomic E-state index is 0.913. The van der Waals surface area contributed by atoms with Crippen molar-refractivity contribution in [1.82, 2.24) is 0 Å². The molecule has 0 saturated heterocycles. The summed E-state index contributed by atoms with van der Waals surface area (Å²) in [7, 11) is 0. The average Bonchev–Trinajstić information content (AvgIpc) is 2.31. The minimum Gasteiger partial charge on any atom is -0.407 e. The predicted octanol–water partition coefficient (Wildman–Crippen LogP) is 6.06. The second-order valence-electron chi connectivity index (χ2n) is 4.94. The predicted molar refractivity (Wildman–Crippen MR) is 89.3 cm³/mol. The molecule has 0 saturated carbocycles. The molecule has 0 aromatic carbocycles. The van der Waals surface area contributed by atoms with Gasteiger partial charge in [-0.25, -0.2) is 0 Å². The molecule has 0 aliphatic carbocycles. The maximum atomic E-state index is 6.12. The van der Waals surface area contributed by atoms with Gasteiger partial charge < -0.3 is 4.43 Å². The van der Waals surface area contributed by atoms with Crippen molar-refractivity contribution >= 4 is 27.6 Å². The Labute approximate surface area is 122 Å². The quantitative estimate of drug-likeness (QED) is 0.176. The van der Waals surface area contributed by atoms with Gasteiger partial charge in [0.15, 0.2) is 0 Å². The standard InChI is InChI=1S/C14H31IOSi/c1-4-7-9-11-13-17(15,16-6-3)14-12-10-8-5-2/h4-14H2,1-3H3. The molecule has 1 nitrogen and oxygen atoms in total. The monoisotopic (exact) mass is 370 g/mol. The number of hydrogen-bond donors (Lipinski definition) is 0. The fraction of sp³-hybridized carbons (Fsp3) is 1.00. The molecular formula is C14H31IOSi. The van der Waals surface area contributed by atoms with Gasteiger partial charge in [-0.15, -0.1) is 0 Å². The van der Waals surface area contributed by atoms with Crippen LogP contribution in [-0.2, 0) is 4.43 Å². The van der Waals surface area contributed by atoms with E-state index in [-0.39, 0.29) is 0 Å². The lowest BCUT2D eigenvalue weighted by molar-refractivity contribution is 0.335. The van der Waals surface area contributed by atoms with Crippen molar-refractivity contribution in [3.63, 3.8) is 0 Å². The fourth-order valence-electron chi connectivity index (χ4n) is 2.16. The van der Waals surface area contributed by atoms with Gasteiger partial charge in [0.2, 0.25) is 0 Å². The van der Waals surface area contributed by atoms with Gasteiger partial charge in [0.05, 0.1) is 0 Å². The molecule has 0 N–H and O–H groups in total. The van der Waals surface area contributed by atoms with E-state index in [4.69, 9.17) is 4.43 Å². The van der Waals surface area contributed by atoms with Crippen molar-refractivity contribution in [2.24, 2.45) is 0 Å². The molecule has 0 aliphatic heterocycles. The molecule has 0 amide bonds. The zero-order chi connectivity index (χ0) is 13.0. The molecule has 0 bridgehead atoms. The topological polar surface area (TPSA) is 9.23 Å². The van der Waals surface area contributed by atoms with E-state index < -0.39 is 5.81 Å². The fourth-order valence-corrected chi connectivity index (χ4v) is 7.99. The highest BCUT2D eigenvalue weighted by atomic mass is 127. The second-order valence-corrected chi connectivity index (χ2v) is 13.9. The number of unbranched alkanes of at least 4 members (excludes halogenated alkanes) is 6. The lowest BCUT2D eigenvalue weighted by atomic mass is 10.2. The van der Waals surface area contributed by atoms with Crippen LogP contribution in [0.4, 0.5) is 0 Å². The highest BCUT2D eigenvalue weighted by molar-refractivity contribution is 14.1. The summed E-state index contributed by atoms with van der Waals surface area (Å²) in [5, 5.41) is 0. The molecule has 0 aromatic rings. The van der Waals surface area contributed by atoms with Gasteiger partial charge in [-0.05, 0) is 19.0 Å². The van der Waals surface area contributed by atoms with Gasteiger partial charge in [0.1, 0.15) is 0 Å². The largest absolute Gasteiger partial charge is 0.407 e. The molecule has 3 heteroatoms.